The third-order valence-corrected chi connectivity index (χ3v) is 2.83. The molecule has 1 aliphatic rings. The largest absolute Gasteiger partial charge is 0.341 e. The van der Waals surface area contributed by atoms with Crippen molar-refractivity contribution >= 4 is 5.91 Å². The summed E-state index contributed by atoms with van der Waals surface area (Å²) in [7, 11) is 0. The van der Waals surface area contributed by atoms with Crippen LogP contribution < -0.4 is 0 Å². The molecule has 0 bridgehead atoms. The lowest BCUT2D eigenvalue weighted by Gasteiger charge is -2.30. The fourth-order valence-electron chi connectivity index (χ4n) is 1.75. The van der Waals surface area contributed by atoms with E-state index in [2.05, 4.69) is 22.4 Å². The van der Waals surface area contributed by atoms with Gasteiger partial charge in [-0.2, -0.15) is 0 Å². The van der Waals surface area contributed by atoms with Crippen molar-refractivity contribution in [3.63, 3.8) is 0 Å². The monoisotopic (exact) mass is 209 g/mol. The molecule has 0 N–H and O–H groups in total. The van der Waals surface area contributed by atoms with Gasteiger partial charge in [-0.3, -0.25) is 4.79 Å². The van der Waals surface area contributed by atoms with Crippen molar-refractivity contribution in [3.05, 3.63) is 6.33 Å². The fourth-order valence-corrected chi connectivity index (χ4v) is 1.75. The normalized spacial score (nSPS) is 18.1. The molecule has 1 aromatic rings. The maximum atomic E-state index is 11.8. The Morgan fingerprint density at radius 2 is 2.20 bits per heavy atom. The number of nitrogens with zero attached hydrogens (tertiary/aromatic N) is 5. The molecule has 2 rings (SSSR count). The summed E-state index contributed by atoms with van der Waals surface area (Å²) in [5.74, 6) is 0.844. The molecule has 1 saturated heterocycles. The Morgan fingerprint density at radius 1 is 1.47 bits per heavy atom. The van der Waals surface area contributed by atoms with Gasteiger partial charge < -0.3 is 4.90 Å². The quantitative estimate of drug-likeness (QED) is 0.684. The standard InChI is InChI=1S/C9H15N5O/c1-8-2-4-13(5-3-8)9(15)6-14-7-10-11-12-14/h7-8H,2-6H2,1H3. The first-order valence-electron chi connectivity index (χ1n) is 5.24. The Morgan fingerprint density at radius 3 is 2.80 bits per heavy atom. The van der Waals surface area contributed by atoms with Crippen LogP contribution in [0.2, 0.25) is 0 Å². The lowest BCUT2D eigenvalue weighted by atomic mass is 9.99. The van der Waals surface area contributed by atoms with Crippen LogP contribution in [-0.4, -0.2) is 44.1 Å². The van der Waals surface area contributed by atoms with Gasteiger partial charge in [-0.25, -0.2) is 4.68 Å². The molecule has 0 spiro atoms. The van der Waals surface area contributed by atoms with E-state index >= 15 is 0 Å². The summed E-state index contributed by atoms with van der Waals surface area (Å²) in [6, 6.07) is 0. The van der Waals surface area contributed by atoms with E-state index in [1.165, 1.54) is 11.0 Å². The molecule has 6 heteroatoms. The zero-order valence-electron chi connectivity index (χ0n) is 8.83. The van der Waals surface area contributed by atoms with Crippen molar-refractivity contribution in [2.75, 3.05) is 13.1 Å². The minimum atomic E-state index is 0.106. The average molecular weight is 209 g/mol. The lowest BCUT2D eigenvalue weighted by molar-refractivity contribution is -0.133. The van der Waals surface area contributed by atoms with Gasteiger partial charge in [0.05, 0.1) is 0 Å². The van der Waals surface area contributed by atoms with Gasteiger partial charge in [-0.05, 0) is 29.2 Å². The highest BCUT2D eigenvalue weighted by molar-refractivity contribution is 5.75. The molecule has 1 fully saturated rings. The third kappa shape index (κ3) is 2.51. The highest BCUT2D eigenvalue weighted by Gasteiger charge is 2.20. The molecule has 6 nitrogen and oxygen atoms in total. The minimum Gasteiger partial charge on any atom is -0.341 e. The van der Waals surface area contributed by atoms with E-state index in [0.29, 0.717) is 0 Å². The predicted molar refractivity (Wildman–Crippen MR) is 52.8 cm³/mol. The molecule has 1 aliphatic heterocycles. The Kier molecular flexibility index (Phi) is 2.94. The lowest BCUT2D eigenvalue weighted by Crippen LogP contribution is -2.39. The number of carbonyl (C=O) groups is 1. The highest BCUT2D eigenvalue weighted by atomic mass is 16.2. The van der Waals surface area contributed by atoms with Crippen molar-refractivity contribution in [1.82, 2.24) is 25.1 Å². The fraction of sp³-hybridized carbons (Fsp3) is 0.778. The highest BCUT2D eigenvalue weighted by Crippen LogP contribution is 2.15. The number of rotatable bonds is 2. The second-order valence-electron chi connectivity index (χ2n) is 4.07. The minimum absolute atomic E-state index is 0.106. The zero-order chi connectivity index (χ0) is 10.7. The molecule has 0 saturated carbocycles. The molecule has 82 valence electrons. The van der Waals surface area contributed by atoms with Crippen molar-refractivity contribution in [3.8, 4) is 0 Å². The van der Waals surface area contributed by atoms with E-state index in [1.54, 1.807) is 0 Å². The van der Waals surface area contributed by atoms with E-state index in [0.717, 1.165) is 31.8 Å². The summed E-state index contributed by atoms with van der Waals surface area (Å²) in [6.07, 6.45) is 3.66. The topological polar surface area (TPSA) is 63.9 Å². The Hall–Kier alpha value is -1.46. The molecular formula is C9H15N5O. The van der Waals surface area contributed by atoms with Crippen LogP contribution in [0, 0.1) is 5.92 Å². The number of hydrogen-bond donors (Lipinski definition) is 0. The van der Waals surface area contributed by atoms with Crippen LogP contribution in [0.1, 0.15) is 19.8 Å². The molecular weight excluding hydrogens is 194 g/mol. The Bertz CT molecular complexity index is 315. The molecule has 0 aromatic carbocycles. The number of likely N-dealkylation sites (tertiary alicyclic amines) is 1. The summed E-state index contributed by atoms with van der Waals surface area (Å²) in [5.41, 5.74) is 0. The number of carbonyl (C=O) groups excluding carboxylic acids is 1. The molecule has 0 aliphatic carbocycles. The van der Waals surface area contributed by atoms with E-state index in [4.69, 9.17) is 0 Å². The summed E-state index contributed by atoms with van der Waals surface area (Å²) in [6.45, 7) is 4.20. The van der Waals surface area contributed by atoms with Gasteiger partial charge in [-0.15, -0.1) is 5.10 Å². The SMILES string of the molecule is CC1CCN(C(=O)Cn2cnnn2)CC1. The van der Waals surface area contributed by atoms with Crippen LogP contribution in [0.5, 0.6) is 0 Å². The zero-order valence-corrected chi connectivity index (χ0v) is 8.83. The average Bonchev–Trinajstić information content (AvgIpc) is 2.71. The predicted octanol–water partition coefficient (Wildman–Crippen LogP) is -0.0684. The number of tetrazole rings is 1. The second kappa shape index (κ2) is 4.37. The first kappa shape index (κ1) is 10.1. The number of amides is 1. The van der Waals surface area contributed by atoms with Crippen molar-refractivity contribution in [1.29, 1.82) is 0 Å². The molecule has 1 amide bonds. The molecule has 0 radical (unpaired) electrons. The molecule has 15 heavy (non-hydrogen) atoms. The van der Waals surface area contributed by atoms with Crippen LogP contribution in [0.4, 0.5) is 0 Å². The van der Waals surface area contributed by atoms with Gasteiger partial charge in [0.1, 0.15) is 12.9 Å². The maximum Gasteiger partial charge on any atom is 0.244 e. The first-order chi connectivity index (χ1) is 7.25. The van der Waals surface area contributed by atoms with Crippen molar-refractivity contribution in [2.24, 2.45) is 5.92 Å². The first-order valence-corrected chi connectivity index (χ1v) is 5.24. The summed E-state index contributed by atoms with van der Waals surface area (Å²) in [4.78, 5) is 13.7. The van der Waals surface area contributed by atoms with Gasteiger partial charge in [0.25, 0.3) is 0 Å². The second-order valence-corrected chi connectivity index (χ2v) is 4.07. The summed E-state index contributed by atoms with van der Waals surface area (Å²) < 4.78 is 1.46. The van der Waals surface area contributed by atoms with Crippen LogP contribution in [-0.2, 0) is 11.3 Å². The van der Waals surface area contributed by atoms with Gasteiger partial charge in [0.15, 0.2) is 0 Å². The Balaban J connectivity index is 1.86. The summed E-state index contributed by atoms with van der Waals surface area (Å²) in [5, 5.41) is 10.7. The van der Waals surface area contributed by atoms with Crippen LogP contribution in [0.3, 0.4) is 0 Å². The smallest absolute Gasteiger partial charge is 0.244 e. The van der Waals surface area contributed by atoms with Crippen LogP contribution in [0.25, 0.3) is 0 Å². The number of piperidine rings is 1. The molecule has 0 atom stereocenters. The van der Waals surface area contributed by atoms with Crippen molar-refractivity contribution in [2.45, 2.75) is 26.3 Å². The summed E-state index contributed by atoms with van der Waals surface area (Å²) >= 11 is 0. The molecule has 1 aromatic heterocycles. The molecule has 2 heterocycles. The van der Waals surface area contributed by atoms with Gasteiger partial charge in [-0.1, -0.05) is 6.92 Å². The Labute approximate surface area is 88.2 Å². The van der Waals surface area contributed by atoms with E-state index in [1.807, 2.05) is 4.90 Å². The van der Waals surface area contributed by atoms with E-state index in [-0.39, 0.29) is 12.5 Å². The van der Waals surface area contributed by atoms with Gasteiger partial charge in [0.2, 0.25) is 5.91 Å². The number of aromatic nitrogens is 4. The van der Waals surface area contributed by atoms with Crippen LogP contribution >= 0.6 is 0 Å². The van der Waals surface area contributed by atoms with Crippen molar-refractivity contribution < 1.29 is 4.79 Å². The number of hydrogen-bond acceptors (Lipinski definition) is 4. The van der Waals surface area contributed by atoms with Crippen LogP contribution in [0.15, 0.2) is 6.33 Å². The van der Waals surface area contributed by atoms with Gasteiger partial charge >= 0.3 is 0 Å². The van der Waals surface area contributed by atoms with E-state index < -0.39 is 0 Å². The van der Waals surface area contributed by atoms with Gasteiger partial charge in [0, 0.05) is 13.1 Å². The molecule has 0 unspecified atom stereocenters. The van der Waals surface area contributed by atoms with E-state index in [9.17, 15) is 4.79 Å². The third-order valence-electron chi connectivity index (χ3n) is 2.83. The maximum absolute atomic E-state index is 11.8.